The van der Waals surface area contributed by atoms with Crippen LogP contribution in [-0.2, 0) is 9.53 Å². The standard InChI is InChI=1S/C7H13NO3/c1-5-4-11-6(3-8-5)2-7(9)10/h5-6,8H,2-4H2,1H3,(H,9,10)/t5-,6-/m1/s1. The van der Waals surface area contributed by atoms with E-state index in [1.807, 2.05) is 6.92 Å². The number of aliphatic carboxylic acids is 1. The van der Waals surface area contributed by atoms with Gasteiger partial charge in [0.25, 0.3) is 0 Å². The van der Waals surface area contributed by atoms with Crippen molar-refractivity contribution in [3.8, 4) is 0 Å². The van der Waals surface area contributed by atoms with Crippen LogP contribution in [0.1, 0.15) is 13.3 Å². The zero-order chi connectivity index (χ0) is 8.27. The molecule has 1 aliphatic heterocycles. The summed E-state index contributed by atoms with van der Waals surface area (Å²) in [5.41, 5.74) is 0. The van der Waals surface area contributed by atoms with Gasteiger partial charge in [0.15, 0.2) is 0 Å². The monoisotopic (exact) mass is 159 g/mol. The molecule has 1 rings (SSSR count). The molecule has 0 aliphatic carbocycles. The van der Waals surface area contributed by atoms with Gasteiger partial charge in [-0.05, 0) is 6.92 Å². The average Bonchev–Trinajstić information content (AvgIpc) is 1.93. The molecule has 0 unspecified atom stereocenters. The fourth-order valence-corrected chi connectivity index (χ4v) is 1.06. The molecule has 0 radical (unpaired) electrons. The van der Waals surface area contributed by atoms with E-state index in [2.05, 4.69) is 5.32 Å². The molecule has 0 amide bonds. The van der Waals surface area contributed by atoms with Gasteiger partial charge in [0, 0.05) is 12.6 Å². The highest BCUT2D eigenvalue weighted by Gasteiger charge is 2.19. The first-order valence-corrected chi connectivity index (χ1v) is 3.75. The summed E-state index contributed by atoms with van der Waals surface area (Å²) in [6.07, 6.45) is -0.0524. The van der Waals surface area contributed by atoms with E-state index in [9.17, 15) is 4.79 Å². The summed E-state index contributed by atoms with van der Waals surface area (Å²) in [7, 11) is 0. The molecule has 0 aromatic carbocycles. The molecule has 1 heterocycles. The molecule has 4 heteroatoms. The Bertz CT molecular complexity index is 141. The van der Waals surface area contributed by atoms with Crippen LogP contribution >= 0.6 is 0 Å². The SMILES string of the molecule is C[C@@H]1CO[C@H](CC(=O)O)CN1. The van der Waals surface area contributed by atoms with Gasteiger partial charge in [-0.1, -0.05) is 0 Å². The second-order valence-electron chi connectivity index (χ2n) is 2.86. The van der Waals surface area contributed by atoms with Gasteiger partial charge in [-0.25, -0.2) is 0 Å². The van der Waals surface area contributed by atoms with E-state index in [0.29, 0.717) is 19.2 Å². The van der Waals surface area contributed by atoms with Crippen LogP contribution in [0, 0.1) is 0 Å². The first-order valence-electron chi connectivity index (χ1n) is 3.75. The minimum Gasteiger partial charge on any atom is -0.481 e. The number of hydrogen-bond donors (Lipinski definition) is 2. The van der Waals surface area contributed by atoms with E-state index in [1.165, 1.54) is 0 Å². The fraction of sp³-hybridized carbons (Fsp3) is 0.857. The summed E-state index contributed by atoms with van der Waals surface area (Å²) in [5, 5.41) is 11.6. The third-order valence-corrected chi connectivity index (χ3v) is 1.68. The number of carbonyl (C=O) groups is 1. The van der Waals surface area contributed by atoms with Crippen LogP contribution in [0.5, 0.6) is 0 Å². The maximum atomic E-state index is 10.2. The number of hydrogen-bond acceptors (Lipinski definition) is 3. The van der Waals surface area contributed by atoms with E-state index in [4.69, 9.17) is 9.84 Å². The Morgan fingerprint density at radius 1 is 1.82 bits per heavy atom. The fourth-order valence-electron chi connectivity index (χ4n) is 1.06. The van der Waals surface area contributed by atoms with Crippen molar-refractivity contribution in [3.05, 3.63) is 0 Å². The number of carboxylic acid groups (broad SMARTS) is 1. The number of ether oxygens (including phenoxy) is 1. The normalized spacial score (nSPS) is 31.7. The Balaban J connectivity index is 2.22. The predicted octanol–water partition coefficient (Wildman–Crippen LogP) is -0.162. The molecular weight excluding hydrogens is 146 g/mol. The van der Waals surface area contributed by atoms with Gasteiger partial charge in [-0.3, -0.25) is 4.79 Å². The van der Waals surface area contributed by atoms with E-state index >= 15 is 0 Å². The predicted molar refractivity (Wildman–Crippen MR) is 39.5 cm³/mol. The van der Waals surface area contributed by atoms with Gasteiger partial charge >= 0.3 is 5.97 Å². The summed E-state index contributed by atoms with van der Waals surface area (Å²) >= 11 is 0. The lowest BCUT2D eigenvalue weighted by molar-refractivity contribution is -0.141. The molecule has 0 spiro atoms. The third kappa shape index (κ3) is 2.86. The van der Waals surface area contributed by atoms with E-state index in [0.717, 1.165) is 0 Å². The second-order valence-corrected chi connectivity index (χ2v) is 2.86. The van der Waals surface area contributed by atoms with E-state index in [1.54, 1.807) is 0 Å². The van der Waals surface area contributed by atoms with Crippen molar-refractivity contribution in [3.63, 3.8) is 0 Å². The lowest BCUT2D eigenvalue weighted by Crippen LogP contribution is -2.45. The highest BCUT2D eigenvalue weighted by molar-refractivity contribution is 5.67. The van der Waals surface area contributed by atoms with Crippen LogP contribution in [-0.4, -0.2) is 36.4 Å². The third-order valence-electron chi connectivity index (χ3n) is 1.68. The van der Waals surface area contributed by atoms with Gasteiger partial charge < -0.3 is 15.2 Å². The molecule has 0 saturated carbocycles. The summed E-state index contributed by atoms with van der Waals surface area (Å²) in [6.45, 7) is 3.27. The summed E-state index contributed by atoms with van der Waals surface area (Å²) < 4.78 is 5.26. The van der Waals surface area contributed by atoms with Crippen molar-refractivity contribution in [1.82, 2.24) is 5.32 Å². The van der Waals surface area contributed by atoms with Crippen molar-refractivity contribution in [2.24, 2.45) is 0 Å². The van der Waals surface area contributed by atoms with Gasteiger partial charge in [0.2, 0.25) is 0 Å². The topological polar surface area (TPSA) is 58.6 Å². The molecule has 1 saturated heterocycles. The first-order chi connectivity index (χ1) is 5.18. The van der Waals surface area contributed by atoms with E-state index in [-0.39, 0.29) is 12.5 Å². The minimum atomic E-state index is -0.800. The highest BCUT2D eigenvalue weighted by Crippen LogP contribution is 2.04. The van der Waals surface area contributed by atoms with Crippen molar-refractivity contribution in [2.45, 2.75) is 25.5 Å². The Morgan fingerprint density at radius 3 is 3.00 bits per heavy atom. The lowest BCUT2D eigenvalue weighted by atomic mass is 10.2. The first kappa shape index (κ1) is 8.49. The molecule has 11 heavy (non-hydrogen) atoms. The van der Waals surface area contributed by atoms with Crippen LogP contribution in [0.15, 0.2) is 0 Å². The molecule has 64 valence electrons. The van der Waals surface area contributed by atoms with Gasteiger partial charge in [-0.2, -0.15) is 0 Å². The molecule has 0 aromatic rings. The van der Waals surface area contributed by atoms with Crippen LogP contribution in [0.25, 0.3) is 0 Å². The lowest BCUT2D eigenvalue weighted by Gasteiger charge is -2.27. The molecule has 1 aliphatic rings. The zero-order valence-electron chi connectivity index (χ0n) is 6.54. The van der Waals surface area contributed by atoms with Crippen LogP contribution in [0.4, 0.5) is 0 Å². The molecule has 0 aromatic heterocycles. The smallest absolute Gasteiger partial charge is 0.306 e. The molecular formula is C7H13NO3. The number of rotatable bonds is 2. The van der Waals surface area contributed by atoms with Crippen molar-refractivity contribution >= 4 is 5.97 Å². The second kappa shape index (κ2) is 3.69. The average molecular weight is 159 g/mol. The summed E-state index contributed by atoms with van der Waals surface area (Å²) in [5.74, 6) is -0.800. The van der Waals surface area contributed by atoms with Crippen LogP contribution in [0.2, 0.25) is 0 Å². The van der Waals surface area contributed by atoms with Gasteiger partial charge in [-0.15, -0.1) is 0 Å². The number of morpholine rings is 1. The zero-order valence-corrected chi connectivity index (χ0v) is 6.54. The van der Waals surface area contributed by atoms with Crippen LogP contribution in [0.3, 0.4) is 0 Å². The van der Waals surface area contributed by atoms with Crippen molar-refractivity contribution < 1.29 is 14.6 Å². The number of carboxylic acids is 1. The summed E-state index contributed by atoms with van der Waals surface area (Å²) in [4.78, 5) is 10.2. The molecule has 0 bridgehead atoms. The Kier molecular flexibility index (Phi) is 2.84. The molecule has 4 nitrogen and oxygen atoms in total. The number of nitrogens with one attached hydrogen (secondary N) is 1. The molecule has 1 fully saturated rings. The molecule has 2 atom stereocenters. The summed E-state index contributed by atoms with van der Waals surface area (Å²) in [6, 6.07) is 0.347. The maximum absolute atomic E-state index is 10.2. The van der Waals surface area contributed by atoms with Crippen molar-refractivity contribution in [1.29, 1.82) is 0 Å². The van der Waals surface area contributed by atoms with Crippen LogP contribution < -0.4 is 5.32 Å². The maximum Gasteiger partial charge on any atom is 0.306 e. The van der Waals surface area contributed by atoms with Gasteiger partial charge in [0.1, 0.15) is 0 Å². The van der Waals surface area contributed by atoms with Crippen molar-refractivity contribution in [2.75, 3.05) is 13.2 Å². The highest BCUT2D eigenvalue weighted by atomic mass is 16.5. The quantitative estimate of drug-likeness (QED) is 0.587. The molecule has 2 N–H and O–H groups in total. The van der Waals surface area contributed by atoms with Gasteiger partial charge in [0.05, 0.1) is 19.1 Å². The largest absolute Gasteiger partial charge is 0.481 e. The van der Waals surface area contributed by atoms with E-state index < -0.39 is 5.97 Å². The Morgan fingerprint density at radius 2 is 2.55 bits per heavy atom. The minimum absolute atomic E-state index is 0.0969. The Hall–Kier alpha value is -0.610. The Labute approximate surface area is 65.5 Å².